The van der Waals surface area contributed by atoms with Crippen LogP contribution < -0.4 is 0 Å². The average Bonchev–Trinajstić information content (AvgIpc) is 1.94. The van der Waals surface area contributed by atoms with Crippen molar-refractivity contribution in [3.63, 3.8) is 0 Å². The van der Waals surface area contributed by atoms with E-state index in [1.807, 2.05) is 0 Å². The van der Waals surface area contributed by atoms with Gasteiger partial charge in [-0.25, -0.2) is 4.39 Å². The van der Waals surface area contributed by atoms with Gasteiger partial charge in [-0.15, -0.1) is 0 Å². The van der Waals surface area contributed by atoms with Crippen molar-refractivity contribution in [1.82, 2.24) is 0 Å². The van der Waals surface area contributed by atoms with Crippen molar-refractivity contribution < 1.29 is 17.6 Å². The fourth-order valence-electron chi connectivity index (χ4n) is 0.874. The Morgan fingerprint density at radius 3 is 2.23 bits per heavy atom. The van der Waals surface area contributed by atoms with Crippen molar-refractivity contribution in [2.45, 2.75) is 13.1 Å². The van der Waals surface area contributed by atoms with Gasteiger partial charge in [0.05, 0.1) is 5.56 Å². The minimum absolute atomic E-state index is 0.0180. The van der Waals surface area contributed by atoms with Gasteiger partial charge in [0.15, 0.2) is 0 Å². The molecule has 1 rings (SSSR count). The number of hydrogen-bond acceptors (Lipinski definition) is 0. The molecule has 0 heterocycles. The van der Waals surface area contributed by atoms with Gasteiger partial charge in [-0.05, 0) is 24.6 Å². The largest absolute Gasteiger partial charge is 0.417 e. The molecule has 0 radical (unpaired) electrons. The molecule has 0 nitrogen and oxygen atoms in total. The molecule has 0 saturated heterocycles. The molecule has 0 aliphatic rings. The van der Waals surface area contributed by atoms with Gasteiger partial charge in [-0.1, -0.05) is 15.9 Å². The highest BCUT2D eigenvalue weighted by atomic mass is 79.9. The van der Waals surface area contributed by atoms with Crippen molar-refractivity contribution in [2.75, 3.05) is 0 Å². The van der Waals surface area contributed by atoms with Crippen LogP contribution in [0.4, 0.5) is 17.6 Å². The fraction of sp³-hybridized carbons (Fsp3) is 0.250. The first-order valence-electron chi connectivity index (χ1n) is 3.35. The molecular weight excluding hydrogens is 252 g/mol. The molecule has 1 aromatic rings. The van der Waals surface area contributed by atoms with Crippen LogP contribution in [0.25, 0.3) is 0 Å². The molecule has 0 spiro atoms. The molecule has 0 amide bonds. The van der Waals surface area contributed by atoms with Crippen LogP contribution in [-0.2, 0) is 6.18 Å². The maximum absolute atomic E-state index is 12.8. The highest BCUT2D eigenvalue weighted by Gasteiger charge is 2.33. The Hall–Kier alpha value is -0.580. The third-order valence-corrected chi connectivity index (χ3v) is 2.21. The topological polar surface area (TPSA) is 0 Å². The first kappa shape index (κ1) is 10.5. The van der Waals surface area contributed by atoms with E-state index < -0.39 is 17.6 Å². The fourth-order valence-corrected chi connectivity index (χ4v) is 1.41. The number of benzene rings is 1. The van der Waals surface area contributed by atoms with Crippen LogP contribution in [0.15, 0.2) is 16.6 Å². The van der Waals surface area contributed by atoms with Crippen molar-refractivity contribution in [1.29, 1.82) is 0 Å². The summed E-state index contributed by atoms with van der Waals surface area (Å²) in [5.74, 6) is -0.653. The molecule has 1 aromatic carbocycles. The molecule has 0 aromatic heterocycles. The van der Waals surface area contributed by atoms with E-state index in [2.05, 4.69) is 15.9 Å². The first-order chi connectivity index (χ1) is 5.82. The Morgan fingerprint density at radius 2 is 1.77 bits per heavy atom. The van der Waals surface area contributed by atoms with Crippen LogP contribution in [0, 0.1) is 12.7 Å². The van der Waals surface area contributed by atoms with Gasteiger partial charge in [-0.2, -0.15) is 13.2 Å². The molecule has 0 atom stereocenters. The van der Waals surface area contributed by atoms with E-state index in [0.29, 0.717) is 0 Å². The number of aryl methyl sites for hydroxylation is 1. The van der Waals surface area contributed by atoms with Crippen molar-refractivity contribution >= 4 is 15.9 Å². The highest BCUT2D eigenvalue weighted by molar-refractivity contribution is 9.10. The Labute approximate surface area is 80.7 Å². The lowest BCUT2D eigenvalue weighted by molar-refractivity contribution is -0.138. The molecule has 0 bridgehead atoms. The molecule has 13 heavy (non-hydrogen) atoms. The van der Waals surface area contributed by atoms with Gasteiger partial charge in [-0.3, -0.25) is 0 Å². The smallest absolute Gasteiger partial charge is 0.207 e. The summed E-state index contributed by atoms with van der Waals surface area (Å²) < 4.78 is 49.1. The van der Waals surface area contributed by atoms with Crippen molar-refractivity contribution in [2.24, 2.45) is 0 Å². The van der Waals surface area contributed by atoms with Crippen molar-refractivity contribution in [3.05, 3.63) is 33.5 Å². The third kappa shape index (κ3) is 2.21. The first-order valence-corrected chi connectivity index (χ1v) is 4.14. The summed E-state index contributed by atoms with van der Waals surface area (Å²) in [6, 6.07) is 1.59. The van der Waals surface area contributed by atoms with Crippen molar-refractivity contribution in [3.8, 4) is 0 Å². The molecule has 0 unspecified atom stereocenters. The Morgan fingerprint density at radius 1 is 1.23 bits per heavy atom. The SMILES string of the molecule is Cc1cc(C(F)(F)F)c(Br)cc1F. The predicted octanol–water partition coefficient (Wildman–Crippen LogP) is 3.92. The van der Waals surface area contributed by atoms with Crippen LogP contribution in [-0.4, -0.2) is 0 Å². The van der Waals surface area contributed by atoms with E-state index >= 15 is 0 Å². The normalized spacial score (nSPS) is 11.8. The molecule has 5 heteroatoms. The van der Waals surface area contributed by atoms with Gasteiger partial charge in [0, 0.05) is 4.47 Å². The van der Waals surface area contributed by atoms with E-state index in [1.165, 1.54) is 6.92 Å². The van der Waals surface area contributed by atoms with E-state index in [-0.39, 0.29) is 10.0 Å². The lowest BCUT2D eigenvalue weighted by Crippen LogP contribution is -2.07. The van der Waals surface area contributed by atoms with E-state index in [4.69, 9.17) is 0 Å². The van der Waals surface area contributed by atoms with E-state index in [1.54, 1.807) is 0 Å². The molecule has 0 aliphatic heterocycles. The molecule has 72 valence electrons. The van der Waals surface area contributed by atoms with Gasteiger partial charge < -0.3 is 0 Å². The second kappa shape index (κ2) is 3.29. The summed E-state index contributed by atoms with van der Waals surface area (Å²) in [5, 5.41) is 0. The molecule has 0 fully saturated rings. The predicted molar refractivity (Wildman–Crippen MR) is 43.8 cm³/mol. The Bertz CT molecular complexity index is 330. The third-order valence-electron chi connectivity index (χ3n) is 1.55. The van der Waals surface area contributed by atoms with Gasteiger partial charge in [0.2, 0.25) is 0 Å². The van der Waals surface area contributed by atoms with Crippen LogP contribution >= 0.6 is 15.9 Å². The van der Waals surface area contributed by atoms with Crippen LogP contribution in [0.5, 0.6) is 0 Å². The second-order valence-corrected chi connectivity index (χ2v) is 3.43. The minimum atomic E-state index is -4.45. The second-order valence-electron chi connectivity index (χ2n) is 2.58. The minimum Gasteiger partial charge on any atom is -0.207 e. The maximum Gasteiger partial charge on any atom is 0.417 e. The van der Waals surface area contributed by atoms with Crippen LogP contribution in [0.3, 0.4) is 0 Å². The summed E-state index contributed by atoms with van der Waals surface area (Å²) in [6.45, 7) is 1.29. The Kier molecular flexibility index (Phi) is 2.66. The number of halogens is 5. The van der Waals surface area contributed by atoms with E-state index in [9.17, 15) is 17.6 Å². The maximum atomic E-state index is 12.8. The van der Waals surface area contributed by atoms with Gasteiger partial charge >= 0.3 is 6.18 Å². The number of alkyl halides is 3. The lowest BCUT2D eigenvalue weighted by Gasteiger charge is -2.10. The zero-order chi connectivity index (χ0) is 10.2. The Balaban J connectivity index is 3.32. The zero-order valence-corrected chi connectivity index (χ0v) is 8.13. The molecular formula is C8H5BrF4. The number of rotatable bonds is 0. The monoisotopic (exact) mass is 256 g/mol. The summed E-state index contributed by atoms with van der Waals surface area (Å²) in [6.07, 6.45) is -4.45. The van der Waals surface area contributed by atoms with Gasteiger partial charge in [0.25, 0.3) is 0 Å². The number of hydrogen-bond donors (Lipinski definition) is 0. The standard InChI is InChI=1S/C8H5BrF4/c1-4-2-5(8(11,12)13)6(9)3-7(4)10/h2-3H,1H3. The quantitative estimate of drug-likeness (QED) is 0.618. The highest BCUT2D eigenvalue weighted by Crippen LogP contribution is 2.35. The van der Waals surface area contributed by atoms with Crippen LogP contribution in [0.1, 0.15) is 11.1 Å². The summed E-state index contributed by atoms with van der Waals surface area (Å²) >= 11 is 2.66. The van der Waals surface area contributed by atoms with Crippen LogP contribution in [0.2, 0.25) is 0 Å². The average molecular weight is 257 g/mol. The van der Waals surface area contributed by atoms with E-state index in [0.717, 1.165) is 12.1 Å². The lowest BCUT2D eigenvalue weighted by atomic mass is 10.1. The van der Waals surface area contributed by atoms with Gasteiger partial charge in [0.1, 0.15) is 5.82 Å². The zero-order valence-electron chi connectivity index (χ0n) is 6.54. The molecule has 0 N–H and O–H groups in total. The molecule has 0 aliphatic carbocycles. The summed E-state index contributed by atoms with van der Waals surface area (Å²) in [7, 11) is 0. The summed E-state index contributed by atoms with van der Waals surface area (Å²) in [4.78, 5) is 0. The molecule has 0 saturated carbocycles. The summed E-state index contributed by atoms with van der Waals surface area (Å²) in [5.41, 5.74) is -0.873.